The van der Waals surface area contributed by atoms with Gasteiger partial charge in [0.1, 0.15) is 5.82 Å². The normalized spacial score (nSPS) is 11.2. The highest BCUT2D eigenvalue weighted by molar-refractivity contribution is 5.88. The quantitative estimate of drug-likeness (QED) is 0.760. The van der Waals surface area contributed by atoms with Crippen molar-refractivity contribution in [2.24, 2.45) is 9.98 Å². The minimum absolute atomic E-state index is 0.246. The van der Waals surface area contributed by atoms with E-state index >= 15 is 0 Å². The Bertz CT molecular complexity index is 648. The van der Waals surface area contributed by atoms with Crippen molar-refractivity contribution < 1.29 is 4.39 Å². The fourth-order valence-electron chi connectivity index (χ4n) is 1.62. The summed E-state index contributed by atoms with van der Waals surface area (Å²) in [6.45, 7) is 3.86. The van der Waals surface area contributed by atoms with Gasteiger partial charge in [0.2, 0.25) is 0 Å². The number of hydrogen-bond donors (Lipinski definition) is 0. The molecule has 0 spiro atoms. The lowest BCUT2D eigenvalue weighted by Crippen LogP contribution is -1.89. The molecule has 2 rings (SSSR count). The molecule has 0 aliphatic heterocycles. The summed E-state index contributed by atoms with van der Waals surface area (Å²) in [6.07, 6.45) is 8.16. The Kier molecular flexibility index (Phi) is 4.89. The lowest BCUT2D eigenvalue weighted by molar-refractivity contribution is 0.611. The van der Waals surface area contributed by atoms with Gasteiger partial charge >= 0.3 is 0 Å². The van der Waals surface area contributed by atoms with Gasteiger partial charge < -0.3 is 0 Å². The van der Waals surface area contributed by atoms with Crippen molar-refractivity contribution >= 4 is 18.1 Å². The average molecular weight is 267 g/mol. The van der Waals surface area contributed by atoms with Crippen molar-refractivity contribution in [2.75, 3.05) is 0 Å². The molecule has 0 unspecified atom stereocenters. The zero-order valence-corrected chi connectivity index (χ0v) is 10.9. The first-order valence-corrected chi connectivity index (χ1v) is 6.13. The Labute approximate surface area is 117 Å². The van der Waals surface area contributed by atoms with Crippen LogP contribution in [0.15, 0.2) is 65.4 Å². The third-order valence-corrected chi connectivity index (χ3v) is 2.60. The maximum atomic E-state index is 13.4. The molecule has 0 saturated carbocycles. The smallest absolute Gasteiger partial charge is 0.128 e. The third-order valence-electron chi connectivity index (χ3n) is 2.60. The number of rotatable bonds is 5. The van der Waals surface area contributed by atoms with Crippen LogP contribution in [0.5, 0.6) is 0 Å². The highest BCUT2D eigenvalue weighted by Crippen LogP contribution is 2.15. The lowest BCUT2D eigenvalue weighted by atomic mass is 10.2. The third kappa shape index (κ3) is 3.68. The largest absolute Gasteiger partial charge is 0.288 e. The summed E-state index contributed by atoms with van der Waals surface area (Å²) in [7, 11) is 0. The molecule has 0 aliphatic carbocycles. The van der Waals surface area contributed by atoms with Crippen molar-refractivity contribution in [2.45, 2.75) is 6.54 Å². The van der Waals surface area contributed by atoms with Crippen molar-refractivity contribution in [1.29, 1.82) is 0 Å². The molecule has 4 heteroatoms. The molecule has 0 radical (unpaired) electrons. The first-order valence-electron chi connectivity index (χ1n) is 6.13. The number of halogens is 1. The first kappa shape index (κ1) is 13.8. The van der Waals surface area contributed by atoms with Gasteiger partial charge in [-0.2, -0.15) is 0 Å². The number of pyridine rings is 1. The number of hydrogen-bond acceptors (Lipinski definition) is 3. The van der Waals surface area contributed by atoms with E-state index in [4.69, 9.17) is 0 Å². The van der Waals surface area contributed by atoms with Gasteiger partial charge in [-0.3, -0.25) is 15.0 Å². The summed E-state index contributed by atoms with van der Waals surface area (Å²) in [5.41, 5.74) is 2.09. The molecule has 0 amide bonds. The lowest BCUT2D eigenvalue weighted by Gasteiger charge is -2.00. The highest BCUT2D eigenvalue weighted by atomic mass is 19.1. The SMILES string of the molecule is C=C/C=N/c1cnccc1/C=N\Cc1ccccc1F. The average Bonchev–Trinajstić information content (AvgIpc) is 2.48. The number of benzene rings is 1. The second kappa shape index (κ2) is 7.09. The first-order chi connectivity index (χ1) is 9.81. The molecule has 0 fully saturated rings. The molecule has 0 atom stereocenters. The molecular formula is C16H14FN3. The molecule has 100 valence electrons. The van der Waals surface area contributed by atoms with Crippen LogP contribution in [0, 0.1) is 5.82 Å². The molecule has 1 aromatic carbocycles. The molecule has 2 aromatic rings. The van der Waals surface area contributed by atoms with E-state index in [1.165, 1.54) is 6.07 Å². The number of aromatic nitrogens is 1. The summed E-state index contributed by atoms with van der Waals surface area (Å²) < 4.78 is 13.4. The van der Waals surface area contributed by atoms with Crippen LogP contribution < -0.4 is 0 Å². The van der Waals surface area contributed by atoms with Crippen LogP contribution in [0.1, 0.15) is 11.1 Å². The van der Waals surface area contributed by atoms with Crippen LogP contribution in [-0.4, -0.2) is 17.4 Å². The minimum atomic E-state index is -0.246. The minimum Gasteiger partial charge on any atom is -0.288 e. The standard InChI is InChI=1S/C16H14FN3/c1-2-8-20-16-12-18-9-7-14(16)11-19-10-13-5-3-4-6-15(13)17/h2-9,11-12H,1,10H2/b19-11-,20-8+. The molecule has 1 heterocycles. The fourth-order valence-corrected chi connectivity index (χ4v) is 1.62. The Morgan fingerprint density at radius 3 is 2.90 bits per heavy atom. The predicted molar refractivity (Wildman–Crippen MR) is 80.3 cm³/mol. The van der Waals surface area contributed by atoms with Crippen LogP contribution in [0.4, 0.5) is 10.1 Å². The number of aliphatic imine (C=N–C) groups is 2. The summed E-state index contributed by atoms with van der Waals surface area (Å²) in [5, 5.41) is 0. The Balaban J connectivity index is 2.14. The monoisotopic (exact) mass is 267 g/mol. The van der Waals surface area contributed by atoms with E-state index in [1.54, 1.807) is 55.2 Å². The summed E-state index contributed by atoms with van der Waals surface area (Å²) in [5.74, 6) is -0.246. The van der Waals surface area contributed by atoms with Crippen molar-refractivity contribution in [1.82, 2.24) is 4.98 Å². The van der Waals surface area contributed by atoms with Crippen LogP contribution in [-0.2, 0) is 6.54 Å². The second-order valence-corrected chi connectivity index (χ2v) is 4.01. The summed E-state index contributed by atoms with van der Waals surface area (Å²) >= 11 is 0. The van der Waals surface area contributed by atoms with Crippen LogP contribution in [0.3, 0.4) is 0 Å². The molecule has 0 bridgehead atoms. The maximum absolute atomic E-state index is 13.4. The van der Waals surface area contributed by atoms with E-state index in [-0.39, 0.29) is 5.82 Å². The van der Waals surface area contributed by atoms with Gasteiger partial charge in [0.15, 0.2) is 0 Å². The van der Waals surface area contributed by atoms with E-state index in [0.29, 0.717) is 17.8 Å². The zero-order valence-electron chi connectivity index (χ0n) is 10.9. The van der Waals surface area contributed by atoms with E-state index < -0.39 is 0 Å². The molecule has 0 N–H and O–H groups in total. The van der Waals surface area contributed by atoms with Gasteiger partial charge in [-0.05, 0) is 12.1 Å². The van der Waals surface area contributed by atoms with Crippen molar-refractivity contribution in [3.63, 3.8) is 0 Å². The van der Waals surface area contributed by atoms with Gasteiger partial charge in [0.25, 0.3) is 0 Å². The maximum Gasteiger partial charge on any atom is 0.128 e. The highest BCUT2D eigenvalue weighted by Gasteiger charge is 1.99. The number of allylic oxidation sites excluding steroid dienone is 1. The summed E-state index contributed by atoms with van der Waals surface area (Å²) in [6, 6.07) is 8.40. The van der Waals surface area contributed by atoms with Gasteiger partial charge in [0, 0.05) is 29.8 Å². The van der Waals surface area contributed by atoms with E-state index in [0.717, 1.165) is 5.56 Å². The molecule has 0 aliphatic rings. The Morgan fingerprint density at radius 2 is 2.10 bits per heavy atom. The summed E-state index contributed by atoms with van der Waals surface area (Å²) in [4.78, 5) is 12.5. The van der Waals surface area contributed by atoms with Crippen LogP contribution in [0.2, 0.25) is 0 Å². The van der Waals surface area contributed by atoms with Gasteiger partial charge in [-0.25, -0.2) is 4.39 Å². The fraction of sp³-hybridized carbons (Fsp3) is 0.0625. The Morgan fingerprint density at radius 1 is 1.25 bits per heavy atom. The van der Waals surface area contributed by atoms with Gasteiger partial charge in [0.05, 0.1) is 18.4 Å². The molecule has 0 saturated heterocycles. The van der Waals surface area contributed by atoms with E-state index in [9.17, 15) is 4.39 Å². The van der Waals surface area contributed by atoms with Crippen molar-refractivity contribution in [3.05, 3.63) is 72.3 Å². The van der Waals surface area contributed by atoms with Crippen molar-refractivity contribution in [3.8, 4) is 0 Å². The van der Waals surface area contributed by atoms with E-state index in [2.05, 4.69) is 21.5 Å². The van der Waals surface area contributed by atoms with Crippen LogP contribution in [0.25, 0.3) is 0 Å². The molecule has 3 nitrogen and oxygen atoms in total. The zero-order chi connectivity index (χ0) is 14.2. The Hall–Kier alpha value is -2.62. The molecule has 1 aromatic heterocycles. The van der Waals surface area contributed by atoms with Gasteiger partial charge in [-0.15, -0.1) is 0 Å². The second-order valence-electron chi connectivity index (χ2n) is 4.01. The van der Waals surface area contributed by atoms with E-state index in [1.807, 2.05) is 0 Å². The van der Waals surface area contributed by atoms with Gasteiger partial charge in [-0.1, -0.05) is 30.9 Å². The topological polar surface area (TPSA) is 37.6 Å². The number of nitrogens with zero attached hydrogens (tertiary/aromatic N) is 3. The molecular weight excluding hydrogens is 253 g/mol. The molecule has 20 heavy (non-hydrogen) atoms. The predicted octanol–water partition coefficient (Wildman–Crippen LogP) is 3.73. The van der Waals surface area contributed by atoms with Crippen LogP contribution >= 0.6 is 0 Å².